The number of aliphatic hydroxyl groups excluding tert-OH is 1. The van der Waals surface area contributed by atoms with Gasteiger partial charge in [-0.05, 0) is 32.1 Å². The lowest BCUT2D eigenvalue weighted by molar-refractivity contribution is -0.0455. The monoisotopic (exact) mass is 158 g/mol. The molecule has 0 heterocycles. The third kappa shape index (κ3) is 2.46. The van der Waals surface area contributed by atoms with Crippen molar-refractivity contribution in [3.63, 3.8) is 0 Å². The molecule has 0 aliphatic heterocycles. The van der Waals surface area contributed by atoms with Gasteiger partial charge in [0.2, 0.25) is 0 Å². The van der Waals surface area contributed by atoms with E-state index in [-0.39, 0.29) is 12.2 Å². The highest BCUT2D eigenvalue weighted by atomic mass is 16.5. The highest BCUT2D eigenvalue weighted by Gasteiger charge is 2.35. The summed E-state index contributed by atoms with van der Waals surface area (Å²) in [6.45, 7) is 4.70. The van der Waals surface area contributed by atoms with Crippen molar-refractivity contribution >= 4 is 0 Å². The van der Waals surface area contributed by atoms with Gasteiger partial charge < -0.3 is 9.84 Å². The van der Waals surface area contributed by atoms with Crippen LogP contribution in [-0.2, 0) is 4.74 Å². The fourth-order valence-electron chi connectivity index (χ4n) is 1.41. The van der Waals surface area contributed by atoms with Gasteiger partial charge in [-0.2, -0.15) is 0 Å². The van der Waals surface area contributed by atoms with Gasteiger partial charge in [-0.3, -0.25) is 0 Å². The molecule has 0 saturated heterocycles. The molecule has 0 radical (unpaired) electrons. The lowest BCUT2D eigenvalue weighted by Crippen LogP contribution is -2.30. The van der Waals surface area contributed by atoms with Crippen LogP contribution in [0.25, 0.3) is 0 Å². The van der Waals surface area contributed by atoms with Crippen molar-refractivity contribution in [2.75, 3.05) is 6.61 Å². The molecule has 1 fully saturated rings. The Morgan fingerprint density at radius 3 is 2.45 bits per heavy atom. The molecule has 1 rings (SSSR count). The van der Waals surface area contributed by atoms with Crippen molar-refractivity contribution in [3.8, 4) is 0 Å². The van der Waals surface area contributed by atoms with Crippen molar-refractivity contribution in [1.82, 2.24) is 0 Å². The van der Waals surface area contributed by atoms with E-state index >= 15 is 0 Å². The molecule has 1 aliphatic rings. The van der Waals surface area contributed by atoms with Gasteiger partial charge in [0.1, 0.15) is 0 Å². The lowest BCUT2D eigenvalue weighted by atomic mass is 10.1. The molecule has 2 unspecified atom stereocenters. The molecule has 1 aliphatic carbocycles. The van der Waals surface area contributed by atoms with E-state index in [4.69, 9.17) is 4.74 Å². The third-order valence-electron chi connectivity index (χ3n) is 2.24. The highest BCUT2D eigenvalue weighted by Crippen LogP contribution is 2.36. The molecule has 0 bridgehead atoms. The van der Waals surface area contributed by atoms with Gasteiger partial charge in [0.25, 0.3) is 0 Å². The van der Waals surface area contributed by atoms with E-state index in [2.05, 4.69) is 0 Å². The van der Waals surface area contributed by atoms with Crippen molar-refractivity contribution in [1.29, 1.82) is 0 Å². The predicted molar refractivity (Wildman–Crippen MR) is 44.4 cm³/mol. The number of rotatable bonds is 5. The van der Waals surface area contributed by atoms with Gasteiger partial charge in [-0.15, -0.1) is 0 Å². The second kappa shape index (κ2) is 4.07. The summed E-state index contributed by atoms with van der Waals surface area (Å²) in [6.07, 6.45) is 3.15. The second-order valence-electron chi connectivity index (χ2n) is 3.23. The zero-order valence-corrected chi connectivity index (χ0v) is 7.42. The van der Waals surface area contributed by atoms with Crippen molar-refractivity contribution in [2.24, 2.45) is 5.92 Å². The summed E-state index contributed by atoms with van der Waals surface area (Å²) < 4.78 is 5.47. The molecule has 1 N–H and O–H groups in total. The third-order valence-corrected chi connectivity index (χ3v) is 2.24. The average Bonchev–Trinajstić information content (AvgIpc) is 2.81. The van der Waals surface area contributed by atoms with Crippen LogP contribution in [0.1, 0.15) is 33.1 Å². The van der Waals surface area contributed by atoms with Crippen LogP contribution in [0.5, 0.6) is 0 Å². The molecule has 0 spiro atoms. The Balaban J connectivity index is 2.30. The number of hydrogen-bond donors (Lipinski definition) is 1. The molecule has 2 atom stereocenters. The van der Waals surface area contributed by atoms with Crippen LogP contribution in [0.3, 0.4) is 0 Å². The predicted octanol–water partition coefficient (Wildman–Crippen LogP) is 1.57. The van der Waals surface area contributed by atoms with Gasteiger partial charge in [-0.1, -0.05) is 6.92 Å². The van der Waals surface area contributed by atoms with E-state index in [9.17, 15) is 5.11 Å². The lowest BCUT2D eigenvalue weighted by Gasteiger charge is -2.21. The van der Waals surface area contributed by atoms with Crippen LogP contribution >= 0.6 is 0 Å². The standard InChI is InChI=1S/C9H18O2/c1-3-8(10)9(11-4-2)7-5-6-7/h7-10H,3-6H2,1-2H3. The molecule has 0 aromatic rings. The van der Waals surface area contributed by atoms with E-state index in [1.165, 1.54) is 12.8 Å². The van der Waals surface area contributed by atoms with Crippen molar-refractivity contribution < 1.29 is 9.84 Å². The maximum absolute atomic E-state index is 9.53. The van der Waals surface area contributed by atoms with E-state index in [1.54, 1.807) is 0 Å². The molecule has 2 heteroatoms. The first-order valence-corrected chi connectivity index (χ1v) is 4.59. The normalized spacial score (nSPS) is 23.2. The first-order valence-electron chi connectivity index (χ1n) is 4.59. The largest absolute Gasteiger partial charge is 0.390 e. The van der Waals surface area contributed by atoms with Gasteiger partial charge in [0.15, 0.2) is 0 Å². The quantitative estimate of drug-likeness (QED) is 0.658. The van der Waals surface area contributed by atoms with E-state index < -0.39 is 0 Å². The summed E-state index contributed by atoms with van der Waals surface area (Å²) >= 11 is 0. The van der Waals surface area contributed by atoms with E-state index in [1.807, 2.05) is 13.8 Å². The van der Waals surface area contributed by atoms with Crippen LogP contribution in [-0.4, -0.2) is 23.9 Å². The van der Waals surface area contributed by atoms with Crippen molar-refractivity contribution in [3.05, 3.63) is 0 Å². The zero-order chi connectivity index (χ0) is 8.27. The minimum absolute atomic E-state index is 0.116. The van der Waals surface area contributed by atoms with E-state index in [0.717, 1.165) is 13.0 Å². The first kappa shape index (κ1) is 9.01. The van der Waals surface area contributed by atoms with Crippen LogP contribution in [0.15, 0.2) is 0 Å². The maximum Gasteiger partial charge on any atom is 0.0861 e. The fourth-order valence-corrected chi connectivity index (χ4v) is 1.41. The fraction of sp³-hybridized carbons (Fsp3) is 1.00. The SMILES string of the molecule is CCOC(C(O)CC)C1CC1. The average molecular weight is 158 g/mol. The summed E-state index contributed by atoms with van der Waals surface area (Å²) in [6, 6.07) is 0. The Morgan fingerprint density at radius 2 is 2.09 bits per heavy atom. The Bertz CT molecular complexity index is 110. The van der Waals surface area contributed by atoms with Gasteiger partial charge in [-0.25, -0.2) is 0 Å². The summed E-state index contributed by atoms with van der Waals surface area (Å²) in [4.78, 5) is 0. The Hall–Kier alpha value is -0.0800. The zero-order valence-electron chi connectivity index (χ0n) is 7.42. The van der Waals surface area contributed by atoms with Crippen LogP contribution < -0.4 is 0 Å². The molecule has 11 heavy (non-hydrogen) atoms. The van der Waals surface area contributed by atoms with Crippen LogP contribution in [0, 0.1) is 5.92 Å². The van der Waals surface area contributed by atoms with E-state index in [0.29, 0.717) is 5.92 Å². The highest BCUT2D eigenvalue weighted by molar-refractivity contribution is 4.86. The van der Waals surface area contributed by atoms with Crippen molar-refractivity contribution in [2.45, 2.75) is 45.3 Å². The number of aliphatic hydroxyl groups is 1. The molecule has 0 amide bonds. The summed E-state index contributed by atoms with van der Waals surface area (Å²) in [5, 5.41) is 9.53. The molecule has 66 valence electrons. The summed E-state index contributed by atoms with van der Waals surface area (Å²) in [5.74, 6) is 0.643. The summed E-state index contributed by atoms with van der Waals surface area (Å²) in [5.41, 5.74) is 0. The first-order chi connectivity index (χ1) is 5.29. The Morgan fingerprint density at radius 1 is 1.45 bits per heavy atom. The van der Waals surface area contributed by atoms with Crippen LogP contribution in [0.4, 0.5) is 0 Å². The van der Waals surface area contributed by atoms with Gasteiger partial charge in [0.05, 0.1) is 12.2 Å². The molecule has 1 saturated carbocycles. The number of ether oxygens (including phenoxy) is 1. The Kier molecular flexibility index (Phi) is 3.34. The summed E-state index contributed by atoms with van der Waals surface area (Å²) in [7, 11) is 0. The minimum Gasteiger partial charge on any atom is -0.390 e. The maximum atomic E-state index is 9.53. The topological polar surface area (TPSA) is 29.5 Å². The van der Waals surface area contributed by atoms with Gasteiger partial charge >= 0.3 is 0 Å². The molecular formula is C9H18O2. The molecule has 0 aromatic carbocycles. The molecule has 0 aromatic heterocycles. The second-order valence-corrected chi connectivity index (χ2v) is 3.23. The minimum atomic E-state index is -0.248. The van der Waals surface area contributed by atoms with Crippen LogP contribution in [0.2, 0.25) is 0 Å². The Labute approximate surface area is 68.6 Å². The molecule has 2 nitrogen and oxygen atoms in total. The smallest absolute Gasteiger partial charge is 0.0861 e. The number of hydrogen-bond acceptors (Lipinski definition) is 2. The molecular weight excluding hydrogens is 140 g/mol. The van der Waals surface area contributed by atoms with Gasteiger partial charge in [0, 0.05) is 6.61 Å².